The van der Waals surface area contributed by atoms with Gasteiger partial charge in [0.05, 0.1) is 6.04 Å². The van der Waals surface area contributed by atoms with Crippen molar-refractivity contribution in [2.45, 2.75) is 31.7 Å². The van der Waals surface area contributed by atoms with Gasteiger partial charge in [-0.05, 0) is 18.4 Å². The molecule has 0 spiro atoms. The maximum absolute atomic E-state index is 11.3. The molecule has 0 heterocycles. The van der Waals surface area contributed by atoms with Crippen LogP contribution in [0.3, 0.4) is 0 Å². The van der Waals surface area contributed by atoms with E-state index in [1.807, 2.05) is 0 Å². The summed E-state index contributed by atoms with van der Waals surface area (Å²) in [5.41, 5.74) is 2.69. The molecular formula is C5H9FN. The van der Waals surface area contributed by atoms with Crippen LogP contribution in [0.2, 0.25) is 0 Å². The molecule has 1 nitrogen and oxygen atoms in total. The molecule has 1 radical (unpaired) electrons. The van der Waals surface area contributed by atoms with Crippen LogP contribution < -0.4 is 5.54 Å². The molecule has 41 valence electrons. The SMILES string of the molecule is F[N]C1CCCC1. The number of rotatable bonds is 1. The van der Waals surface area contributed by atoms with Gasteiger partial charge in [-0.25, -0.2) is 0 Å². The molecule has 1 saturated carbocycles. The second-order valence-electron chi connectivity index (χ2n) is 2.04. The Hall–Kier alpha value is -0.110. The molecule has 0 aromatic rings. The van der Waals surface area contributed by atoms with E-state index in [2.05, 4.69) is 5.54 Å². The van der Waals surface area contributed by atoms with Gasteiger partial charge in [0.1, 0.15) is 0 Å². The topological polar surface area (TPSA) is 14.1 Å². The largest absolute Gasteiger partial charge is 0.115 e. The Morgan fingerprint density at radius 2 is 1.86 bits per heavy atom. The molecule has 0 bridgehead atoms. The predicted octanol–water partition coefficient (Wildman–Crippen LogP) is 1.42. The van der Waals surface area contributed by atoms with E-state index < -0.39 is 0 Å². The lowest BCUT2D eigenvalue weighted by Gasteiger charge is -1.95. The summed E-state index contributed by atoms with van der Waals surface area (Å²) in [6.07, 6.45) is 4.27. The molecule has 0 aliphatic heterocycles. The summed E-state index contributed by atoms with van der Waals surface area (Å²) in [6.45, 7) is 0. The Kier molecular flexibility index (Phi) is 1.63. The van der Waals surface area contributed by atoms with Crippen LogP contribution in [0.4, 0.5) is 4.48 Å². The Bertz CT molecular complexity index is 50.0. The third-order valence-electron chi connectivity index (χ3n) is 1.46. The highest BCUT2D eigenvalue weighted by molar-refractivity contribution is 4.68. The van der Waals surface area contributed by atoms with Gasteiger partial charge in [0.25, 0.3) is 0 Å². The molecule has 1 rings (SSSR count). The number of hydrogen-bond acceptors (Lipinski definition) is 0. The zero-order valence-electron chi connectivity index (χ0n) is 4.23. The minimum atomic E-state index is 0.0556. The lowest BCUT2D eigenvalue weighted by molar-refractivity contribution is 0.260. The summed E-state index contributed by atoms with van der Waals surface area (Å²) in [5.74, 6) is 0. The first-order chi connectivity index (χ1) is 3.43. The third kappa shape index (κ3) is 1.13. The van der Waals surface area contributed by atoms with Crippen molar-refractivity contribution in [3.8, 4) is 0 Å². The monoisotopic (exact) mass is 102 g/mol. The summed E-state index contributed by atoms with van der Waals surface area (Å²) < 4.78 is 11.3. The first-order valence-electron chi connectivity index (χ1n) is 2.74. The second kappa shape index (κ2) is 2.26. The van der Waals surface area contributed by atoms with Crippen LogP contribution in [0.1, 0.15) is 25.7 Å². The zero-order chi connectivity index (χ0) is 5.11. The lowest BCUT2D eigenvalue weighted by Crippen LogP contribution is -2.08. The van der Waals surface area contributed by atoms with Crippen molar-refractivity contribution in [3.63, 3.8) is 0 Å². The Labute approximate surface area is 42.8 Å². The summed E-state index contributed by atoms with van der Waals surface area (Å²) >= 11 is 0. The van der Waals surface area contributed by atoms with Gasteiger partial charge in [-0.1, -0.05) is 12.8 Å². The average molecular weight is 102 g/mol. The van der Waals surface area contributed by atoms with E-state index in [0.29, 0.717) is 0 Å². The average Bonchev–Trinajstić information content (AvgIpc) is 2.14. The van der Waals surface area contributed by atoms with E-state index in [9.17, 15) is 4.48 Å². The fourth-order valence-electron chi connectivity index (χ4n) is 1.00. The van der Waals surface area contributed by atoms with E-state index in [1.54, 1.807) is 0 Å². The molecule has 0 aromatic carbocycles. The van der Waals surface area contributed by atoms with Crippen LogP contribution in [0.15, 0.2) is 0 Å². The van der Waals surface area contributed by atoms with Gasteiger partial charge in [0, 0.05) is 0 Å². The normalized spacial score (nSPS) is 23.6. The molecule has 1 fully saturated rings. The van der Waals surface area contributed by atoms with Gasteiger partial charge in [-0.2, -0.15) is 0 Å². The summed E-state index contributed by atoms with van der Waals surface area (Å²) in [7, 11) is 0. The maximum atomic E-state index is 11.3. The molecule has 7 heavy (non-hydrogen) atoms. The Morgan fingerprint density at radius 3 is 2.14 bits per heavy atom. The van der Waals surface area contributed by atoms with Crippen LogP contribution in [-0.2, 0) is 0 Å². The van der Waals surface area contributed by atoms with Gasteiger partial charge >= 0.3 is 0 Å². The highest BCUT2D eigenvalue weighted by atomic mass is 19.2. The first kappa shape index (κ1) is 5.04. The standard InChI is InChI=1S/C5H9FN/c6-7-5-3-1-2-4-5/h5H,1-4H2. The Morgan fingerprint density at radius 1 is 1.29 bits per heavy atom. The van der Waals surface area contributed by atoms with Crippen molar-refractivity contribution in [1.29, 1.82) is 0 Å². The second-order valence-corrected chi connectivity index (χ2v) is 2.04. The van der Waals surface area contributed by atoms with E-state index in [-0.39, 0.29) is 6.04 Å². The maximum Gasteiger partial charge on any atom is 0.0592 e. The van der Waals surface area contributed by atoms with Crippen molar-refractivity contribution in [1.82, 2.24) is 5.54 Å². The highest BCUT2D eigenvalue weighted by Crippen LogP contribution is 2.17. The molecule has 2 heteroatoms. The van der Waals surface area contributed by atoms with Crippen molar-refractivity contribution < 1.29 is 4.48 Å². The first-order valence-corrected chi connectivity index (χ1v) is 2.74. The molecule has 0 N–H and O–H groups in total. The fraction of sp³-hybridized carbons (Fsp3) is 1.00. The van der Waals surface area contributed by atoms with Crippen molar-refractivity contribution in [3.05, 3.63) is 0 Å². The fourth-order valence-corrected chi connectivity index (χ4v) is 1.00. The van der Waals surface area contributed by atoms with Crippen LogP contribution >= 0.6 is 0 Å². The minimum absolute atomic E-state index is 0.0556. The molecular weight excluding hydrogens is 93.1 g/mol. The van der Waals surface area contributed by atoms with Crippen molar-refractivity contribution >= 4 is 0 Å². The predicted molar refractivity (Wildman–Crippen MR) is 25.5 cm³/mol. The van der Waals surface area contributed by atoms with Crippen molar-refractivity contribution in [2.24, 2.45) is 0 Å². The smallest absolute Gasteiger partial charge is 0.0592 e. The molecule has 0 amide bonds. The van der Waals surface area contributed by atoms with Gasteiger partial charge in [0.15, 0.2) is 0 Å². The minimum Gasteiger partial charge on any atom is -0.115 e. The van der Waals surface area contributed by atoms with Gasteiger partial charge < -0.3 is 0 Å². The van der Waals surface area contributed by atoms with E-state index in [1.165, 1.54) is 0 Å². The zero-order valence-corrected chi connectivity index (χ0v) is 4.23. The van der Waals surface area contributed by atoms with E-state index >= 15 is 0 Å². The molecule has 0 unspecified atom stereocenters. The van der Waals surface area contributed by atoms with Gasteiger partial charge in [0.2, 0.25) is 0 Å². The number of hydrogen-bond donors (Lipinski definition) is 0. The highest BCUT2D eigenvalue weighted by Gasteiger charge is 2.14. The quantitative estimate of drug-likeness (QED) is 0.475. The van der Waals surface area contributed by atoms with Gasteiger partial charge in [-0.15, -0.1) is 4.48 Å². The number of halogens is 1. The molecule has 0 atom stereocenters. The van der Waals surface area contributed by atoms with Crippen LogP contribution in [0.25, 0.3) is 0 Å². The van der Waals surface area contributed by atoms with E-state index in [4.69, 9.17) is 0 Å². The summed E-state index contributed by atoms with van der Waals surface area (Å²) in [4.78, 5) is 0. The van der Waals surface area contributed by atoms with Crippen LogP contribution in [0, 0.1) is 0 Å². The lowest BCUT2D eigenvalue weighted by atomic mass is 10.3. The van der Waals surface area contributed by atoms with Crippen LogP contribution in [-0.4, -0.2) is 6.04 Å². The van der Waals surface area contributed by atoms with Crippen molar-refractivity contribution in [2.75, 3.05) is 0 Å². The Balaban J connectivity index is 2.14. The van der Waals surface area contributed by atoms with E-state index in [0.717, 1.165) is 25.7 Å². The summed E-state index contributed by atoms with van der Waals surface area (Å²) in [6, 6.07) is 0.0556. The molecule has 0 aromatic heterocycles. The third-order valence-corrected chi connectivity index (χ3v) is 1.46. The molecule has 0 saturated heterocycles. The number of nitrogens with zero attached hydrogens (tertiary/aromatic N) is 1. The van der Waals surface area contributed by atoms with Crippen LogP contribution in [0.5, 0.6) is 0 Å². The molecule has 1 aliphatic carbocycles. The molecule has 1 aliphatic rings. The van der Waals surface area contributed by atoms with Gasteiger partial charge in [-0.3, -0.25) is 0 Å². The summed E-state index contributed by atoms with van der Waals surface area (Å²) in [5, 5.41) is 0.